The number of primary amides is 1. The van der Waals surface area contributed by atoms with Crippen LogP contribution in [-0.2, 0) is 4.74 Å². The zero-order valence-electron chi connectivity index (χ0n) is 12.0. The van der Waals surface area contributed by atoms with Crippen molar-refractivity contribution in [3.05, 3.63) is 35.1 Å². The van der Waals surface area contributed by atoms with Crippen LogP contribution in [0.25, 0.3) is 0 Å². The molecule has 3 rings (SSSR count). The summed E-state index contributed by atoms with van der Waals surface area (Å²) in [6.45, 7) is 0. The minimum absolute atomic E-state index is 0.182. The minimum atomic E-state index is -2.72. The average molecular weight is 328 g/mol. The summed E-state index contributed by atoms with van der Waals surface area (Å²) in [4.78, 5) is 22.7. The van der Waals surface area contributed by atoms with Gasteiger partial charge in [0.05, 0.1) is 0 Å². The van der Waals surface area contributed by atoms with Gasteiger partial charge in [0.2, 0.25) is 0 Å². The number of carbonyl (C=O) groups excluding carboxylic acids is 2. The summed E-state index contributed by atoms with van der Waals surface area (Å²) in [6, 6.07) is 3.21. The normalized spacial score (nSPS) is 25.3. The second-order valence-corrected chi connectivity index (χ2v) is 5.99. The van der Waals surface area contributed by atoms with Crippen molar-refractivity contribution >= 4 is 12.0 Å². The highest BCUT2D eigenvalue weighted by Crippen LogP contribution is 2.44. The molecular weight excluding hydrogens is 313 g/mol. The topological polar surface area (TPSA) is 81.4 Å². The number of halogens is 3. The molecule has 2 atom stereocenters. The molecule has 124 valence electrons. The Hall–Kier alpha value is -2.25. The van der Waals surface area contributed by atoms with E-state index >= 15 is 0 Å². The van der Waals surface area contributed by atoms with E-state index in [4.69, 9.17) is 10.5 Å². The van der Waals surface area contributed by atoms with Gasteiger partial charge >= 0.3 is 6.09 Å². The summed E-state index contributed by atoms with van der Waals surface area (Å²) in [5.74, 6) is -4.11. The number of hydrogen-bond acceptors (Lipinski definition) is 3. The van der Waals surface area contributed by atoms with Gasteiger partial charge in [0, 0.05) is 30.4 Å². The van der Waals surface area contributed by atoms with Gasteiger partial charge in [-0.15, -0.1) is 0 Å². The molecule has 0 unspecified atom stereocenters. The van der Waals surface area contributed by atoms with E-state index in [1.54, 1.807) is 0 Å². The Morgan fingerprint density at radius 2 is 2.00 bits per heavy atom. The molecule has 8 heteroatoms. The van der Waals surface area contributed by atoms with Crippen LogP contribution in [0.2, 0.25) is 0 Å². The van der Waals surface area contributed by atoms with E-state index in [9.17, 15) is 22.8 Å². The van der Waals surface area contributed by atoms with Gasteiger partial charge in [-0.2, -0.15) is 0 Å². The fourth-order valence-electron chi connectivity index (χ4n) is 2.78. The van der Waals surface area contributed by atoms with Crippen molar-refractivity contribution in [1.82, 2.24) is 5.32 Å². The van der Waals surface area contributed by atoms with Crippen LogP contribution >= 0.6 is 0 Å². The van der Waals surface area contributed by atoms with Crippen LogP contribution in [-0.4, -0.2) is 30.1 Å². The highest BCUT2D eigenvalue weighted by atomic mass is 19.3. The SMILES string of the molecule is NC(=O)O[C@@H]1C[C@H]1c1cc(C(=O)NC2CC(F)(F)C2)ccc1F. The predicted molar refractivity (Wildman–Crippen MR) is 73.6 cm³/mol. The Morgan fingerprint density at radius 3 is 2.61 bits per heavy atom. The average Bonchev–Trinajstić information content (AvgIpc) is 3.15. The van der Waals surface area contributed by atoms with Gasteiger partial charge < -0.3 is 15.8 Å². The molecular formula is C15H15F3N2O3. The molecule has 0 aliphatic heterocycles. The van der Waals surface area contributed by atoms with E-state index in [-0.39, 0.29) is 29.9 Å². The third-order valence-electron chi connectivity index (χ3n) is 4.08. The fourth-order valence-corrected chi connectivity index (χ4v) is 2.78. The maximum atomic E-state index is 13.9. The zero-order chi connectivity index (χ0) is 16.8. The smallest absolute Gasteiger partial charge is 0.404 e. The number of nitrogens with one attached hydrogen (secondary N) is 1. The number of alkyl halides is 2. The van der Waals surface area contributed by atoms with Crippen LogP contribution < -0.4 is 11.1 Å². The first-order valence-electron chi connectivity index (χ1n) is 7.19. The second-order valence-electron chi connectivity index (χ2n) is 5.99. The maximum Gasteiger partial charge on any atom is 0.404 e. The lowest BCUT2D eigenvalue weighted by Gasteiger charge is -2.35. The molecule has 0 radical (unpaired) electrons. The quantitative estimate of drug-likeness (QED) is 0.890. The molecule has 2 aliphatic rings. The molecule has 0 saturated heterocycles. The van der Waals surface area contributed by atoms with Gasteiger partial charge in [-0.1, -0.05) is 0 Å². The fraction of sp³-hybridized carbons (Fsp3) is 0.467. The summed E-state index contributed by atoms with van der Waals surface area (Å²) >= 11 is 0. The van der Waals surface area contributed by atoms with Crippen molar-refractivity contribution in [1.29, 1.82) is 0 Å². The molecule has 23 heavy (non-hydrogen) atoms. The maximum absolute atomic E-state index is 13.9. The van der Waals surface area contributed by atoms with Crippen LogP contribution in [0.4, 0.5) is 18.0 Å². The lowest BCUT2D eigenvalue weighted by atomic mass is 9.88. The highest BCUT2D eigenvalue weighted by molar-refractivity contribution is 5.94. The van der Waals surface area contributed by atoms with Crippen LogP contribution in [0.5, 0.6) is 0 Å². The summed E-state index contributed by atoms with van der Waals surface area (Å²) < 4.78 is 44.2. The summed E-state index contributed by atoms with van der Waals surface area (Å²) in [7, 11) is 0. The third-order valence-corrected chi connectivity index (χ3v) is 4.08. The molecule has 0 aromatic heterocycles. The molecule has 0 bridgehead atoms. The molecule has 5 nitrogen and oxygen atoms in total. The van der Waals surface area contributed by atoms with E-state index in [0.717, 1.165) is 6.07 Å². The van der Waals surface area contributed by atoms with Gasteiger partial charge in [0.1, 0.15) is 11.9 Å². The molecule has 2 fully saturated rings. The third kappa shape index (κ3) is 3.40. The number of rotatable bonds is 4. The van der Waals surface area contributed by atoms with Crippen molar-refractivity contribution in [2.75, 3.05) is 0 Å². The van der Waals surface area contributed by atoms with Crippen LogP contribution in [0.1, 0.15) is 41.1 Å². The van der Waals surface area contributed by atoms with Crippen molar-refractivity contribution in [2.24, 2.45) is 5.73 Å². The van der Waals surface area contributed by atoms with E-state index in [1.807, 2.05) is 0 Å². The number of hydrogen-bond donors (Lipinski definition) is 2. The molecule has 0 heterocycles. The lowest BCUT2D eigenvalue weighted by molar-refractivity contribution is -0.0901. The van der Waals surface area contributed by atoms with Crippen molar-refractivity contribution in [3.8, 4) is 0 Å². The number of nitrogens with two attached hydrogens (primary N) is 1. The number of carbonyl (C=O) groups is 2. The van der Waals surface area contributed by atoms with E-state index in [1.165, 1.54) is 12.1 Å². The summed E-state index contributed by atoms with van der Waals surface area (Å²) in [6.07, 6.45) is -1.77. The zero-order valence-corrected chi connectivity index (χ0v) is 12.0. The molecule has 2 aliphatic carbocycles. The number of benzene rings is 1. The Morgan fingerprint density at radius 1 is 1.30 bits per heavy atom. The predicted octanol–water partition coefficient (Wildman–Crippen LogP) is 2.30. The van der Waals surface area contributed by atoms with Gasteiger partial charge in [-0.05, 0) is 30.2 Å². The Bertz CT molecular complexity index is 657. The lowest BCUT2D eigenvalue weighted by Crippen LogP contribution is -2.50. The minimum Gasteiger partial charge on any atom is -0.446 e. The van der Waals surface area contributed by atoms with E-state index < -0.39 is 35.9 Å². The summed E-state index contributed by atoms with van der Waals surface area (Å²) in [5.41, 5.74) is 5.34. The number of ether oxygens (including phenoxy) is 1. The molecule has 2 amide bonds. The van der Waals surface area contributed by atoms with Crippen LogP contribution in [0, 0.1) is 5.82 Å². The van der Waals surface area contributed by atoms with Crippen LogP contribution in [0.3, 0.4) is 0 Å². The van der Waals surface area contributed by atoms with Gasteiger partial charge in [-0.25, -0.2) is 18.0 Å². The van der Waals surface area contributed by atoms with Crippen LogP contribution in [0.15, 0.2) is 18.2 Å². The molecule has 1 aromatic rings. The first kappa shape index (κ1) is 15.6. The number of amides is 2. The molecule has 3 N–H and O–H groups in total. The second kappa shape index (κ2) is 5.43. The first-order chi connectivity index (χ1) is 10.7. The van der Waals surface area contributed by atoms with Gasteiger partial charge in [-0.3, -0.25) is 4.79 Å². The van der Waals surface area contributed by atoms with Crippen molar-refractivity contribution in [3.63, 3.8) is 0 Å². The van der Waals surface area contributed by atoms with Gasteiger partial charge in [0.15, 0.2) is 0 Å². The van der Waals surface area contributed by atoms with E-state index in [2.05, 4.69) is 5.32 Å². The largest absolute Gasteiger partial charge is 0.446 e. The molecule has 0 spiro atoms. The molecule has 2 saturated carbocycles. The van der Waals surface area contributed by atoms with Crippen molar-refractivity contribution < 1.29 is 27.5 Å². The molecule has 1 aromatic carbocycles. The first-order valence-corrected chi connectivity index (χ1v) is 7.19. The highest BCUT2D eigenvalue weighted by Gasteiger charge is 2.46. The monoisotopic (exact) mass is 328 g/mol. The standard InChI is InChI=1S/C15H15F3N2O3/c16-11-2-1-7(13(21)20-8-5-15(17,18)6-8)3-9(11)10-4-12(10)23-14(19)22/h1-3,8,10,12H,4-6H2,(H2,19,22)(H,20,21)/t10-,12+/m0/s1. The Balaban J connectivity index is 1.66. The summed E-state index contributed by atoms with van der Waals surface area (Å²) in [5, 5.41) is 2.49. The van der Waals surface area contributed by atoms with E-state index in [0.29, 0.717) is 6.42 Å². The Labute approximate surface area is 130 Å². The Kier molecular flexibility index (Phi) is 3.69. The van der Waals surface area contributed by atoms with Gasteiger partial charge in [0.25, 0.3) is 11.8 Å². The van der Waals surface area contributed by atoms with Crippen molar-refractivity contribution in [2.45, 2.75) is 43.2 Å².